The van der Waals surface area contributed by atoms with Crippen molar-refractivity contribution in [2.24, 2.45) is 0 Å². The first-order valence-corrected chi connectivity index (χ1v) is 6.60. The zero-order valence-corrected chi connectivity index (χ0v) is 11.1. The molecule has 0 aliphatic rings. The van der Waals surface area contributed by atoms with E-state index in [1.807, 2.05) is 6.92 Å². The molecule has 0 aromatic carbocycles. The van der Waals surface area contributed by atoms with Crippen LogP contribution < -0.4 is 10.6 Å². The maximum absolute atomic E-state index is 11.2. The van der Waals surface area contributed by atoms with Gasteiger partial charge in [0.05, 0.1) is 10.3 Å². The molecule has 0 radical (unpaired) electrons. The van der Waals surface area contributed by atoms with E-state index in [9.17, 15) is 4.79 Å². The van der Waals surface area contributed by atoms with Gasteiger partial charge in [0.15, 0.2) is 0 Å². The van der Waals surface area contributed by atoms with Gasteiger partial charge in [-0.15, -0.1) is 11.3 Å². The molecule has 1 rings (SSSR count). The van der Waals surface area contributed by atoms with Crippen molar-refractivity contribution in [2.75, 3.05) is 13.1 Å². The molecule has 84 valence electrons. The predicted octanol–water partition coefficient (Wildman–Crippen LogP) is 2.13. The predicted molar refractivity (Wildman–Crippen MR) is 67.0 cm³/mol. The normalized spacial score (nSPS) is 10.3. The zero-order chi connectivity index (χ0) is 11.1. The highest BCUT2D eigenvalue weighted by Gasteiger charge is 2.00. The number of rotatable bonds is 6. The summed E-state index contributed by atoms with van der Waals surface area (Å²) in [4.78, 5) is 11.2. The third-order valence-corrected chi connectivity index (χ3v) is 3.36. The van der Waals surface area contributed by atoms with Crippen molar-refractivity contribution in [1.29, 1.82) is 0 Å². The summed E-state index contributed by atoms with van der Waals surface area (Å²) in [5, 5.41) is 7.98. The molecule has 1 amide bonds. The van der Waals surface area contributed by atoms with Gasteiger partial charge < -0.3 is 10.6 Å². The quantitative estimate of drug-likeness (QED) is 0.843. The number of amides is 1. The monoisotopic (exact) mass is 290 g/mol. The van der Waals surface area contributed by atoms with E-state index in [0.29, 0.717) is 6.54 Å². The van der Waals surface area contributed by atoms with Gasteiger partial charge in [0.2, 0.25) is 5.91 Å². The van der Waals surface area contributed by atoms with Crippen molar-refractivity contribution in [1.82, 2.24) is 10.6 Å². The first-order chi connectivity index (χ1) is 7.22. The highest BCUT2D eigenvalue weighted by molar-refractivity contribution is 9.11. The third kappa shape index (κ3) is 5.30. The molecule has 15 heavy (non-hydrogen) atoms. The highest BCUT2D eigenvalue weighted by atomic mass is 79.9. The summed E-state index contributed by atoms with van der Waals surface area (Å²) in [7, 11) is 0. The van der Waals surface area contributed by atoms with Crippen LogP contribution in [-0.4, -0.2) is 19.0 Å². The lowest BCUT2D eigenvalue weighted by Gasteiger charge is -2.04. The molecule has 3 nitrogen and oxygen atoms in total. The van der Waals surface area contributed by atoms with Crippen LogP contribution in [0.4, 0.5) is 0 Å². The third-order valence-electron chi connectivity index (χ3n) is 1.81. The van der Waals surface area contributed by atoms with Gasteiger partial charge in [0.1, 0.15) is 0 Å². The second kappa shape index (κ2) is 6.98. The molecule has 0 unspecified atom stereocenters. The van der Waals surface area contributed by atoms with Crippen LogP contribution in [0.1, 0.15) is 18.9 Å². The number of hydrogen-bond acceptors (Lipinski definition) is 3. The van der Waals surface area contributed by atoms with Crippen LogP contribution in [0.2, 0.25) is 0 Å². The number of carbonyl (C=O) groups is 1. The van der Waals surface area contributed by atoms with Gasteiger partial charge in [-0.05, 0) is 39.4 Å². The van der Waals surface area contributed by atoms with Crippen LogP contribution in [0, 0.1) is 0 Å². The topological polar surface area (TPSA) is 41.1 Å². The second-order valence-electron chi connectivity index (χ2n) is 3.21. The maximum atomic E-state index is 11.2. The number of hydrogen-bond donors (Lipinski definition) is 2. The molecule has 0 aliphatic carbocycles. The Morgan fingerprint density at radius 3 is 3.00 bits per heavy atom. The van der Waals surface area contributed by atoms with Crippen LogP contribution in [0.15, 0.2) is 15.2 Å². The summed E-state index contributed by atoms with van der Waals surface area (Å²) in [6.45, 7) is 3.91. The second-order valence-corrected chi connectivity index (χ2v) is 5.50. The lowest BCUT2D eigenvalue weighted by molar-refractivity contribution is -0.120. The van der Waals surface area contributed by atoms with Crippen LogP contribution in [0.25, 0.3) is 0 Å². The van der Waals surface area contributed by atoms with Crippen molar-refractivity contribution in [2.45, 2.75) is 19.9 Å². The van der Waals surface area contributed by atoms with E-state index in [0.717, 1.165) is 23.3 Å². The van der Waals surface area contributed by atoms with Gasteiger partial charge in [-0.1, -0.05) is 6.92 Å². The average molecular weight is 291 g/mol. The first kappa shape index (κ1) is 12.7. The average Bonchev–Trinajstić information content (AvgIpc) is 2.61. The van der Waals surface area contributed by atoms with Gasteiger partial charge >= 0.3 is 0 Å². The fourth-order valence-corrected chi connectivity index (χ4v) is 2.29. The summed E-state index contributed by atoms with van der Waals surface area (Å²) in [6.07, 6.45) is 0.975. The Bertz CT molecular complexity index is 314. The largest absolute Gasteiger partial charge is 0.355 e. The van der Waals surface area contributed by atoms with Crippen molar-refractivity contribution < 1.29 is 4.79 Å². The van der Waals surface area contributed by atoms with E-state index in [-0.39, 0.29) is 5.91 Å². The van der Waals surface area contributed by atoms with Crippen molar-refractivity contribution in [3.8, 4) is 0 Å². The Labute approximate surface area is 102 Å². The van der Waals surface area contributed by atoms with Gasteiger partial charge in [-0.2, -0.15) is 0 Å². The van der Waals surface area contributed by atoms with E-state index in [4.69, 9.17) is 0 Å². The molecule has 1 aromatic heterocycles. The molecule has 0 atom stereocenters. The maximum Gasteiger partial charge on any atom is 0.233 e. The van der Waals surface area contributed by atoms with Crippen LogP contribution >= 0.6 is 27.3 Å². The Balaban J connectivity index is 2.13. The number of thiophene rings is 1. The van der Waals surface area contributed by atoms with Crippen LogP contribution in [0.3, 0.4) is 0 Å². The molecule has 0 fully saturated rings. The van der Waals surface area contributed by atoms with Gasteiger partial charge in [0.25, 0.3) is 0 Å². The minimum atomic E-state index is 0.0612. The Morgan fingerprint density at radius 1 is 1.60 bits per heavy atom. The van der Waals surface area contributed by atoms with E-state index < -0.39 is 0 Å². The van der Waals surface area contributed by atoms with E-state index in [1.165, 1.54) is 5.56 Å². The highest BCUT2D eigenvalue weighted by Crippen LogP contribution is 2.20. The number of carbonyl (C=O) groups excluding carboxylic acids is 1. The number of nitrogens with one attached hydrogen (secondary N) is 2. The van der Waals surface area contributed by atoms with E-state index in [1.54, 1.807) is 11.3 Å². The van der Waals surface area contributed by atoms with Gasteiger partial charge in [0, 0.05) is 13.1 Å². The zero-order valence-electron chi connectivity index (χ0n) is 8.68. The SMILES string of the molecule is CCCNC(=O)CNCc1csc(Br)c1. The molecule has 2 N–H and O–H groups in total. The Morgan fingerprint density at radius 2 is 2.40 bits per heavy atom. The lowest BCUT2D eigenvalue weighted by atomic mass is 10.3. The fourth-order valence-electron chi connectivity index (χ4n) is 1.09. The first-order valence-electron chi connectivity index (χ1n) is 4.92. The number of halogens is 1. The molecule has 0 saturated heterocycles. The molecule has 0 aliphatic heterocycles. The molecule has 5 heteroatoms. The summed E-state index contributed by atoms with van der Waals surface area (Å²) in [5.74, 6) is 0.0612. The molecular weight excluding hydrogens is 276 g/mol. The van der Waals surface area contributed by atoms with E-state index >= 15 is 0 Å². The summed E-state index contributed by atoms with van der Waals surface area (Å²) in [5.41, 5.74) is 1.20. The smallest absolute Gasteiger partial charge is 0.233 e. The molecule has 0 spiro atoms. The van der Waals surface area contributed by atoms with E-state index in [2.05, 4.69) is 38.0 Å². The summed E-state index contributed by atoms with van der Waals surface area (Å²) < 4.78 is 1.12. The fraction of sp³-hybridized carbons (Fsp3) is 0.500. The van der Waals surface area contributed by atoms with Gasteiger partial charge in [-0.25, -0.2) is 0 Å². The Kier molecular flexibility index (Phi) is 5.90. The minimum Gasteiger partial charge on any atom is -0.355 e. The van der Waals surface area contributed by atoms with Gasteiger partial charge in [-0.3, -0.25) is 4.79 Å². The standard InChI is InChI=1S/C10H15BrN2OS/c1-2-3-13-10(14)6-12-5-8-4-9(11)15-7-8/h4,7,12H,2-3,5-6H2,1H3,(H,13,14). The molecule has 1 heterocycles. The van der Waals surface area contributed by atoms with Crippen LogP contribution in [-0.2, 0) is 11.3 Å². The van der Waals surface area contributed by atoms with Crippen molar-refractivity contribution in [3.05, 3.63) is 20.8 Å². The van der Waals surface area contributed by atoms with Crippen molar-refractivity contribution in [3.63, 3.8) is 0 Å². The molecule has 0 saturated carbocycles. The molecule has 1 aromatic rings. The molecule has 0 bridgehead atoms. The molecular formula is C10H15BrN2OS. The minimum absolute atomic E-state index is 0.0612. The Hall–Kier alpha value is -0.390. The summed E-state index contributed by atoms with van der Waals surface area (Å²) >= 11 is 5.05. The lowest BCUT2D eigenvalue weighted by Crippen LogP contribution is -2.33. The van der Waals surface area contributed by atoms with Crippen LogP contribution in [0.5, 0.6) is 0 Å². The summed E-state index contributed by atoms with van der Waals surface area (Å²) in [6, 6.07) is 2.06. The van der Waals surface area contributed by atoms with Crippen molar-refractivity contribution >= 4 is 33.2 Å².